The number of aryl methyl sites for hydroxylation is 1. The molecular weight excluding hydrogens is 358 g/mol. The van der Waals surface area contributed by atoms with Crippen LogP contribution in [0.2, 0.25) is 5.02 Å². The van der Waals surface area contributed by atoms with Crippen LogP contribution in [0.5, 0.6) is 5.75 Å². The Morgan fingerprint density at radius 1 is 1.39 bits per heavy atom. The monoisotopic (exact) mass is 371 g/mol. The largest absolute Gasteiger partial charge is 0.496 e. The minimum Gasteiger partial charge on any atom is -0.496 e. The summed E-state index contributed by atoms with van der Waals surface area (Å²) in [6, 6.07) is 4.66. The predicted molar refractivity (Wildman–Crippen MR) is 91.2 cm³/mol. The number of benzene rings is 1. The maximum Gasteiger partial charge on any atom is 0.273 e. The molecule has 2 amide bonds. The van der Waals surface area contributed by atoms with Gasteiger partial charge in [-0.05, 0) is 25.1 Å². The van der Waals surface area contributed by atoms with Crippen molar-refractivity contribution in [3.05, 3.63) is 39.9 Å². The van der Waals surface area contributed by atoms with E-state index >= 15 is 0 Å². The maximum absolute atomic E-state index is 12.1. The molecule has 0 unspecified atom stereocenters. The summed E-state index contributed by atoms with van der Waals surface area (Å²) >= 11 is 8.65. The first-order chi connectivity index (χ1) is 11.0. The number of carbonyl (C=O) groups is 2. The Morgan fingerprint density at radius 3 is 2.83 bits per heavy atom. The zero-order valence-corrected chi connectivity index (χ0v) is 14.8. The molecule has 0 spiro atoms. The van der Waals surface area contributed by atoms with Gasteiger partial charge in [0, 0.05) is 16.1 Å². The second kappa shape index (κ2) is 8.19. The molecule has 0 saturated carbocycles. The molecule has 0 aliphatic rings. The Balaban J connectivity index is 1.86. The molecule has 0 atom stereocenters. The average molecular weight is 372 g/mol. The summed E-state index contributed by atoms with van der Waals surface area (Å²) in [4.78, 5) is 28.1. The molecule has 122 valence electrons. The van der Waals surface area contributed by atoms with Gasteiger partial charge < -0.3 is 4.74 Å². The van der Waals surface area contributed by atoms with Crippen LogP contribution in [0.4, 0.5) is 0 Å². The lowest BCUT2D eigenvalue weighted by Crippen LogP contribution is -2.42. The van der Waals surface area contributed by atoms with Crippen LogP contribution in [0.25, 0.3) is 0 Å². The fraction of sp³-hybridized carbons (Fsp3) is 0.214. The van der Waals surface area contributed by atoms with Gasteiger partial charge in [-0.2, -0.15) is 0 Å². The Hall–Kier alpha value is -1.77. The van der Waals surface area contributed by atoms with Gasteiger partial charge in [-0.25, -0.2) is 4.98 Å². The number of halogens is 1. The number of ether oxygens (including phenoxy) is 1. The lowest BCUT2D eigenvalue weighted by molar-refractivity contribution is -0.119. The summed E-state index contributed by atoms with van der Waals surface area (Å²) in [5.74, 6) is -0.321. The molecule has 0 bridgehead atoms. The zero-order valence-electron chi connectivity index (χ0n) is 12.4. The number of hydrogen-bond acceptors (Lipinski definition) is 6. The second-order valence-corrected chi connectivity index (χ2v) is 6.91. The standard InChI is InChI=1S/C14H14ClN3O3S2/c1-8-6-22-14(16-8)23-7-12(19)17-18-13(20)10-5-9(15)3-4-11(10)21-2/h3-6H,7H2,1-2H3,(H,17,19)(H,18,20). The molecule has 1 heterocycles. The molecule has 0 saturated heterocycles. The first kappa shape index (κ1) is 17.6. The van der Waals surface area contributed by atoms with Crippen molar-refractivity contribution in [2.75, 3.05) is 12.9 Å². The van der Waals surface area contributed by atoms with Crippen molar-refractivity contribution in [2.45, 2.75) is 11.3 Å². The Bertz CT molecular complexity index is 721. The Labute approximate surface area is 146 Å². The van der Waals surface area contributed by atoms with Gasteiger partial charge in [0.15, 0.2) is 4.34 Å². The van der Waals surface area contributed by atoms with Crippen molar-refractivity contribution in [1.29, 1.82) is 0 Å². The minimum absolute atomic E-state index is 0.153. The van der Waals surface area contributed by atoms with Gasteiger partial charge in [-0.3, -0.25) is 20.4 Å². The Kier molecular flexibility index (Phi) is 6.26. The molecular formula is C14H14ClN3O3S2. The van der Waals surface area contributed by atoms with Crippen LogP contribution < -0.4 is 15.6 Å². The number of nitrogens with zero attached hydrogens (tertiary/aromatic N) is 1. The van der Waals surface area contributed by atoms with Gasteiger partial charge in [0.2, 0.25) is 5.91 Å². The molecule has 1 aromatic heterocycles. The van der Waals surface area contributed by atoms with Gasteiger partial charge in [0.25, 0.3) is 5.91 Å². The van der Waals surface area contributed by atoms with Gasteiger partial charge in [-0.1, -0.05) is 23.4 Å². The lowest BCUT2D eigenvalue weighted by atomic mass is 10.2. The third-order valence-electron chi connectivity index (χ3n) is 2.65. The number of thioether (sulfide) groups is 1. The molecule has 2 aromatic rings. The van der Waals surface area contributed by atoms with Crippen molar-refractivity contribution < 1.29 is 14.3 Å². The molecule has 1 aromatic carbocycles. The lowest BCUT2D eigenvalue weighted by Gasteiger charge is -2.10. The van der Waals surface area contributed by atoms with E-state index in [1.165, 1.54) is 36.3 Å². The zero-order chi connectivity index (χ0) is 16.8. The number of rotatable bonds is 5. The van der Waals surface area contributed by atoms with Crippen molar-refractivity contribution in [3.8, 4) is 5.75 Å². The maximum atomic E-state index is 12.1. The summed E-state index contributed by atoms with van der Waals surface area (Å²) < 4.78 is 5.90. The molecule has 0 aliphatic heterocycles. The molecule has 2 rings (SSSR count). The van der Waals surface area contributed by atoms with Gasteiger partial charge in [0.1, 0.15) is 5.75 Å². The van der Waals surface area contributed by atoms with E-state index in [0.717, 1.165) is 10.0 Å². The smallest absolute Gasteiger partial charge is 0.273 e. The average Bonchev–Trinajstić information content (AvgIpc) is 2.96. The van der Waals surface area contributed by atoms with E-state index in [9.17, 15) is 9.59 Å². The molecule has 23 heavy (non-hydrogen) atoms. The summed E-state index contributed by atoms with van der Waals surface area (Å²) in [5, 5.41) is 2.31. The second-order valence-electron chi connectivity index (χ2n) is 4.39. The van der Waals surface area contributed by atoms with Gasteiger partial charge in [-0.15, -0.1) is 11.3 Å². The van der Waals surface area contributed by atoms with E-state index in [1.54, 1.807) is 12.1 Å². The van der Waals surface area contributed by atoms with Crippen LogP contribution in [0, 0.1) is 6.92 Å². The number of nitrogens with one attached hydrogen (secondary N) is 2. The number of thiazole rings is 1. The van der Waals surface area contributed by atoms with Crippen LogP contribution in [-0.4, -0.2) is 29.7 Å². The van der Waals surface area contributed by atoms with Crippen LogP contribution in [-0.2, 0) is 4.79 Å². The van der Waals surface area contributed by atoms with E-state index in [1.807, 2.05) is 12.3 Å². The fourth-order valence-electron chi connectivity index (χ4n) is 1.61. The van der Waals surface area contributed by atoms with E-state index in [4.69, 9.17) is 16.3 Å². The van der Waals surface area contributed by atoms with Crippen LogP contribution in [0.15, 0.2) is 27.9 Å². The normalized spacial score (nSPS) is 10.2. The van der Waals surface area contributed by atoms with Crippen molar-refractivity contribution >= 4 is 46.5 Å². The first-order valence-electron chi connectivity index (χ1n) is 6.47. The van der Waals surface area contributed by atoms with Crippen LogP contribution in [0.3, 0.4) is 0 Å². The molecule has 2 N–H and O–H groups in total. The first-order valence-corrected chi connectivity index (χ1v) is 8.71. The molecule has 9 heteroatoms. The van der Waals surface area contributed by atoms with E-state index in [0.29, 0.717) is 10.8 Å². The molecule has 0 aliphatic carbocycles. The number of hydrazine groups is 1. The van der Waals surface area contributed by atoms with Crippen LogP contribution >= 0.6 is 34.7 Å². The number of carbonyl (C=O) groups excluding carboxylic acids is 2. The SMILES string of the molecule is COc1ccc(Cl)cc1C(=O)NNC(=O)CSc1nc(C)cs1. The number of hydrogen-bond donors (Lipinski definition) is 2. The highest BCUT2D eigenvalue weighted by molar-refractivity contribution is 8.01. The van der Waals surface area contributed by atoms with Gasteiger partial charge in [0.05, 0.1) is 18.4 Å². The van der Waals surface area contributed by atoms with Crippen molar-refractivity contribution in [2.24, 2.45) is 0 Å². The molecule has 0 radical (unpaired) electrons. The molecule has 6 nitrogen and oxygen atoms in total. The quantitative estimate of drug-likeness (QED) is 0.624. The summed E-state index contributed by atoms with van der Waals surface area (Å²) in [5.41, 5.74) is 5.84. The van der Waals surface area contributed by atoms with Gasteiger partial charge >= 0.3 is 0 Å². The highest BCUT2D eigenvalue weighted by atomic mass is 35.5. The molecule has 0 fully saturated rings. The summed E-state index contributed by atoms with van der Waals surface area (Å²) in [7, 11) is 1.45. The third kappa shape index (κ3) is 5.12. The highest BCUT2D eigenvalue weighted by Crippen LogP contribution is 2.23. The van der Waals surface area contributed by atoms with Crippen molar-refractivity contribution in [3.63, 3.8) is 0 Å². The summed E-state index contributed by atoms with van der Waals surface area (Å²) in [6.07, 6.45) is 0. The fourth-order valence-corrected chi connectivity index (χ4v) is 3.43. The summed E-state index contributed by atoms with van der Waals surface area (Å²) in [6.45, 7) is 1.89. The predicted octanol–water partition coefficient (Wildman–Crippen LogP) is 2.67. The van der Waals surface area contributed by atoms with E-state index < -0.39 is 5.91 Å². The number of amides is 2. The van der Waals surface area contributed by atoms with Crippen LogP contribution in [0.1, 0.15) is 16.1 Å². The third-order valence-corrected chi connectivity index (χ3v) is 5.02. The topological polar surface area (TPSA) is 80.3 Å². The number of methoxy groups -OCH3 is 1. The number of aromatic nitrogens is 1. The Morgan fingerprint density at radius 2 is 2.17 bits per heavy atom. The highest BCUT2D eigenvalue weighted by Gasteiger charge is 2.14. The van der Waals surface area contributed by atoms with E-state index in [-0.39, 0.29) is 17.2 Å². The van der Waals surface area contributed by atoms with Crippen molar-refractivity contribution in [1.82, 2.24) is 15.8 Å². The van der Waals surface area contributed by atoms with E-state index in [2.05, 4.69) is 15.8 Å². The minimum atomic E-state index is -0.507.